The fourth-order valence-electron chi connectivity index (χ4n) is 3.06. The van der Waals surface area contributed by atoms with E-state index in [9.17, 15) is 0 Å². The summed E-state index contributed by atoms with van der Waals surface area (Å²) in [5, 5.41) is 4.37. The van der Waals surface area contributed by atoms with Crippen LogP contribution in [0.4, 0.5) is 0 Å². The highest BCUT2D eigenvalue weighted by Crippen LogP contribution is 2.34. The molecule has 1 heterocycles. The van der Waals surface area contributed by atoms with Gasteiger partial charge in [0.15, 0.2) is 0 Å². The molecule has 1 atom stereocenters. The molecule has 0 amide bonds. The summed E-state index contributed by atoms with van der Waals surface area (Å²) < 4.78 is 0. The summed E-state index contributed by atoms with van der Waals surface area (Å²) in [6.45, 7) is 11.2. The minimum Gasteiger partial charge on any atom is -0.314 e. The summed E-state index contributed by atoms with van der Waals surface area (Å²) in [6.07, 6.45) is 2.45. The Balaban J connectivity index is 0.00000220. The van der Waals surface area contributed by atoms with Crippen LogP contribution in [0.25, 0.3) is 0 Å². The van der Waals surface area contributed by atoms with Crippen molar-refractivity contribution in [2.24, 2.45) is 5.92 Å². The lowest BCUT2D eigenvalue weighted by Crippen LogP contribution is -2.45. The first-order chi connectivity index (χ1) is 9.59. The molecule has 0 saturated carbocycles. The van der Waals surface area contributed by atoms with Crippen LogP contribution in [-0.4, -0.2) is 31.1 Å². The first kappa shape index (κ1) is 22.0. The number of hydrogen-bond donors (Lipinski definition) is 1. The highest BCUT2D eigenvalue weighted by molar-refractivity contribution is 6.31. The number of piperazine rings is 1. The van der Waals surface area contributed by atoms with Gasteiger partial charge < -0.3 is 5.32 Å². The molecule has 1 N–H and O–H groups in total. The Labute approximate surface area is 152 Å². The molecule has 0 radical (unpaired) electrons. The SMILES string of the molecule is Cc1cccc(Cl)c1[C@@H](CCC(C)C)N1CCNCC1.Cl.Cl. The second kappa shape index (κ2) is 10.7. The van der Waals surface area contributed by atoms with Gasteiger partial charge in [-0.15, -0.1) is 24.8 Å². The maximum absolute atomic E-state index is 6.52. The summed E-state index contributed by atoms with van der Waals surface area (Å²) >= 11 is 6.52. The molecule has 1 fully saturated rings. The predicted octanol–water partition coefficient (Wildman–Crippen LogP) is 4.87. The van der Waals surface area contributed by atoms with Crippen LogP contribution in [0.15, 0.2) is 18.2 Å². The average Bonchev–Trinajstić information content (AvgIpc) is 2.42. The van der Waals surface area contributed by atoms with Crippen molar-refractivity contribution < 1.29 is 0 Å². The minimum atomic E-state index is 0. The molecular formula is C17H29Cl3N2. The van der Waals surface area contributed by atoms with E-state index in [2.05, 4.69) is 43.1 Å². The van der Waals surface area contributed by atoms with Crippen LogP contribution in [0.5, 0.6) is 0 Å². The maximum atomic E-state index is 6.52. The third-order valence-electron chi connectivity index (χ3n) is 4.21. The van der Waals surface area contributed by atoms with Crippen LogP contribution in [0.2, 0.25) is 5.02 Å². The molecule has 5 heteroatoms. The highest BCUT2D eigenvalue weighted by Gasteiger charge is 2.25. The van der Waals surface area contributed by atoms with Crippen molar-refractivity contribution in [2.45, 2.75) is 39.7 Å². The van der Waals surface area contributed by atoms with Gasteiger partial charge in [0.1, 0.15) is 0 Å². The second-order valence-corrected chi connectivity index (χ2v) is 6.65. The smallest absolute Gasteiger partial charge is 0.0456 e. The van der Waals surface area contributed by atoms with Gasteiger partial charge in [0.05, 0.1) is 0 Å². The minimum absolute atomic E-state index is 0. The van der Waals surface area contributed by atoms with Gasteiger partial charge in [-0.05, 0) is 42.9 Å². The van der Waals surface area contributed by atoms with Gasteiger partial charge in [0.25, 0.3) is 0 Å². The summed E-state index contributed by atoms with van der Waals surface area (Å²) in [7, 11) is 0. The first-order valence-electron chi connectivity index (χ1n) is 7.79. The Bertz CT molecular complexity index is 412. The quantitative estimate of drug-likeness (QED) is 0.798. The zero-order chi connectivity index (χ0) is 14.5. The Hall–Kier alpha value is 0.01000. The molecule has 1 aromatic rings. The van der Waals surface area contributed by atoms with Gasteiger partial charge in [0, 0.05) is 37.2 Å². The monoisotopic (exact) mass is 366 g/mol. The molecular weight excluding hydrogens is 339 g/mol. The summed E-state index contributed by atoms with van der Waals surface area (Å²) in [5.41, 5.74) is 2.67. The molecule has 0 bridgehead atoms. The lowest BCUT2D eigenvalue weighted by atomic mass is 9.93. The number of hydrogen-bond acceptors (Lipinski definition) is 2. The molecule has 2 rings (SSSR count). The van der Waals surface area contributed by atoms with Crippen LogP contribution >= 0.6 is 36.4 Å². The van der Waals surface area contributed by atoms with Crippen molar-refractivity contribution in [1.29, 1.82) is 0 Å². The molecule has 1 saturated heterocycles. The third-order valence-corrected chi connectivity index (χ3v) is 4.54. The largest absolute Gasteiger partial charge is 0.314 e. The predicted molar refractivity (Wildman–Crippen MR) is 102 cm³/mol. The highest BCUT2D eigenvalue weighted by atomic mass is 35.5. The molecule has 2 nitrogen and oxygen atoms in total. The van der Waals surface area contributed by atoms with E-state index >= 15 is 0 Å². The van der Waals surface area contributed by atoms with Gasteiger partial charge in [-0.1, -0.05) is 37.6 Å². The van der Waals surface area contributed by atoms with Crippen LogP contribution in [0.3, 0.4) is 0 Å². The Morgan fingerprint density at radius 1 is 1.14 bits per heavy atom. The fourth-order valence-corrected chi connectivity index (χ4v) is 3.41. The van der Waals surface area contributed by atoms with Gasteiger partial charge in [0.2, 0.25) is 0 Å². The zero-order valence-electron chi connectivity index (χ0n) is 13.8. The summed E-state index contributed by atoms with van der Waals surface area (Å²) in [6, 6.07) is 6.74. The van der Waals surface area contributed by atoms with E-state index in [4.69, 9.17) is 11.6 Å². The number of halogens is 3. The van der Waals surface area contributed by atoms with Crippen molar-refractivity contribution >= 4 is 36.4 Å². The van der Waals surface area contributed by atoms with Gasteiger partial charge >= 0.3 is 0 Å². The molecule has 0 aromatic heterocycles. The van der Waals surface area contributed by atoms with Gasteiger partial charge in [-0.2, -0.15) is 0 Å². The van der Waals surface area contributed by atoms with E-state index in [-0.39, 0.29) is 24.8 Å². The first-order valence-corrected chi connectivity index (χ1v) is 8.17. The Morgan fingerprint density at radius 2 is 1.77 bits per heavy atom. The van der Waals surface area contributed by atoms with E-state index in [0.29, 0.717) is 6.04 Å². The van der Waals surface area contributed by atoms with Crippen LogP contribution in [0.1, 0.15) is 43.9 Å². The van der Waals surface area contributed by atoms with Gasteiger partial charge in [-0.3, -0.25) is 4.90 Å². The van der Waals surface area contributed by atoms with Crippen molar-refractivity contribution in [3.8, 4) is 0 Å². The van der Waals surface area contributed by atoms with Crippen LogP contribution in [0, 0.1) is 12.8 Å². The number of nitrogens with one attached hydrogen (secondary N) is 1. The Morgan fingerprint density at radius 3 is 2.32 bits per heavy atom. The molecule has 1 aliphatic rings. The van der Waals surface area contributed by atoms with E-state index in [1.165, 1.54) is 24.0 Å². The van der Waals surface area contributed by atoms with Crippen molar-refractivity contribution in [2.75, 3.05) is 26.2 Å². The van der Waals surface area contributed by atoms with Crippen LogP contribution < -0.4 is 5.32 Å². The standard InChI is InChI=1S/C17H27ClN2.2ClH/c1-13(2)7-8-16(20-11-9-19-10-12-20)17-14(3)5-4-6-15(17)18;;/h4-6,13,16,19H,7-12H2,1-3H3;2*1H/t16-;;/m1../s1. The zero-order valence-corrected chi connectivity index (χ0v) is 16.2. The molecule has 0 spiro atoms. The second-order valence-electron chi connectivity index (χ2n) is 6.24. The van der Waals surface area contributed by atoms with Crippen LogP contribution in [-0.2, 0) is 0 Å². The van der Waals surface area contributed by atoms with E-state index in [1.54, 1.807) is 0 Å². The summed E-state index contributed by atoms with van der Waals surface area (Å²) in [5.74, 6) is 0.739. The molecule has 1 aromatic carbocycles. The van der Waals surface area contributed by atoms with E-state index < -0.39 is 0 Å². The van der Waals surface area contributed by atoms with Gasteiger partial charge in [-0.25, -0.2) is 0 Å². The number of benzene rings is 1. The molecule has 0 aliphatic carbocycles. The number of nitrogens with zero attached hydrogens (tertiary/aromatic N) is 1. The van der Waals surface area contributed by atoms with Crippen molar-refractivity contribution in [3.63, 3.8) is 0 Å². The molecule has 128 valence electrons. The average molecular weight is 368 g/mol. The maximum Gasteiger partial charge on any atom is 0.0456 e. The van der Waals surface area contributed by atoms with E-state index in [1.807, 2.05) is 6.07 Å². The molecule has 1 aliphatic heterocycles. The lowest BCUT2D eigenvalue weighted by molar-refractivity contribution is 0.159. The lowest BCUT2D eigenvalue weighted by Gasteiger charge is -2.36. The number of aryl methyl sites for hydroxylation is 1. The third kappa shape index (κ3) is 5.90. The Kier molecular flexibility index (Phi) is 10.7. The fraction of sp³-hybridized carbons (Fsp3) is 0.647. The summed E-state index contributed by atoms with van der Waals surface area (Å²) in [4.78, 5) is 2.60. The molecule has 22 heavy (non-hydrogen) atoms. The van der Waals surface area contributed by atoms with Crippen molar-refractivity contribution in [1.82, 2.24) is 10.2 Å². The topological polar surface area (TPSA) is 15.3 Å². The van der Waals surface area contributed by atoms with E-state index in [0.717, 1.165) is 37.1 Å². The number of rotatable bonds is 5. The normalized spacial score (nSPS) is 16.8. The van der Waals surface area contributed by atoms with Crippen molar-refractivity contribution in [3.05, 3.63) is 34.3 Å². The molecule has 0 unspecified atom stereocenters.